The molecule has 1 rings (SSSR count). The van der Waals surface area contributed by atoms with Crippen LogP contribution in [0.3, 0.4) is 0 Å². The molecule has 0 atom stereocenters. The summed E-state index contributed by atoms with van der Waals surface area (Å²) in [5.41, 5.74) is 0. The van der Waals surface area contributed by atoms with Crippen molar-refractivity contribution in [2.24, 2.45) is 5.92 Å². The molecule has 0 aromatic carbocycles. The fraction of sp³-hybridized carbons (Fsp3) is 1.00. The monoisotopic (exact) mass is 228 g/mol. The highest BCUT2D eigenvalue weighted by Crippen LogP contribution is 2.26. The van der Waals surface area contributed by atoms with E-state index in [4.69, 9.17) is 4.74 Å². The zero-order valence-electron chi connectivity index (χ0n) is 11.2. The Bertz CT molecular complexity index is 169. The Balaban J connectivity index is 1.99. The van der Waals surface area contributed by atoms with Gasteiger partial charge in [0.05, 0.1) is 6.61 Å². The van der Waals surface area contributed by atoms with Crippen LogP contribution in [0.1, 0.15) is 33.1 Å². The van der Waals surface area contributed by atoms with Gasteiger partial charge in [0.1, 0.15) is 0 Å². The molecule has 0 radical (unpaired) electrons. The summed E-state index contributed by atoms with van der Waals surface area (Å²) in [6, 6.07) is 0.861. The Kier molecular flexibility index (Phi) is 7.01. The van der Waals surface area contributed by atoms with Crippen molar-refractivity contribution in [1.82, 2.24) is 10.2 Å². The molecule has 0 spiro atoms. The molecule has 1 N–H and O–H groups in total. The predicted octanol–water partition coefficient (Wildman–Crippen LogP) is 1.73. The maximum Gasteiger partial charge on any atom is 0.0589 e. The first-order chi connectivity index (χ1) is 7.74. The summed E-state index contributed by atoms with van der Waals surface area (Å²) in [4.78, 5) is 2.58. The van der Waals surface area contributed by atoms with E-state index in [9.17, 15) is 0 Å². The maximum atomic E-state index is 5.15. The van der Waals surface area contributed by atoms with Crippen LogP contribution in [0.5, 0.6) is 0 Å². The van der Waals surface area contributed by atoms with Crippen LogP contribution in [0, 0.1) is 5.92 Å². The zero-order valence-corrected chi connectivity index (χ0v) is 11.2. The predicted molar refractivity (Wildman–Crippen MR) is 68.8 cm³/mol. The highest BCUT2D eigenvalue weighted by molar-refractivity contribution is 4.84. The Morgan fingerprint density at radius 1 is 1.31 bits per heavy atom. The minimum atomic E-state index is 0.757. The lowest BCUT2D eigenvalue weighted by atomic mass is 10.2. The molecule has 0 aromatic heterocycles. The second kappa shape index (κ2) is 8.04. The van der Waals surface area contributed by atoms with Crippen molar-refractivity contribution in [3.8, 4) is 0 Å². The number of nitrogens with zero attached hydrogens (tertiary/aromatic N) is 1. The van der Waals surface area contributed by atoms with Gasteiger partial charge in [-0.1, -0.05) is 13.8 Å². The van der Waals surface area contributed by atoms with E-state index in [0.717, 1.165) is 38.2 Å². The highest BCUT2D eigenvalue weighted by Gasteiger charge is 2.27. The van der Waals surface area contributed by atoms with Gasteiger partial charge in [0.25, 0.3) is 0 Å². The summed E-state index contributed by atoms with van der Waals surface area (Å²) in [7, 11) is 1.79. The first kappa shape index (κ1) is 13.9. The van der Waals surface area contributed by atoms with E-state index < -0.39 is 0 Å². The number of methoxy groups -OCH3 is 1. The molecule has 0 heterocycles. The molecule has 0 saturated heterocycles. The summed E-state index contributed by atoms with van der Waals surface area (Å²) in [6.07, 6.45) is 4.04. The molecule has 0 unspecified atom stereocenters. The molecule has 1 saturated carbocycles. The third-order valence-corrected chi connectivity index (χ3v) is 3.00. The minimum Gasteiger partial charge on any atom is -0.383 e. The van der Waals surface area contributed by atoms with E-state index in [1.807, 2.05) is 0 Å². The van der Waals surface area contributed by atoms with Crippen LogP contribution >= 0.6 is 0 Å². The van der Waals surface area contributed by atoms with Crippen LogP contribution < -0.4 is 5.32 Å². The Morgan fingerprint density at radius 2 is 2.06 bits per heavy atom. The average Bonchev–Trinajstić information content (AvgIpc) is 3.05. The normalized spacial score (nSPS) is 16.3. The van der Waals surface area contributed by atoms with Gasteiger partial charge in [0, 0.05) is 19.7 Å². The molecule has 16 heavy (non-hydrogen) atoms. The number of hydrogen-bond acceptors (Lipinski definition) is 3. The van der Waals surface area contributed by atoms with Crippen LogP contribution in [-0.2, 0) is 4.74 Å². The van der Waals surface area contributed by atoms with Crippen LogP contribution in [0.15, 0.2) is 0 Å². The van der Waals surface area contributed by atoms with Gasteiger partial charge in [-0.15, -0.1) is 0 Å². The van der Waals surface area contributed by atoms with E-state index in [0.29, 0.717) is 0 Å². The van der Waals surface area contributed by atoms with Crippen molar-refractivity contribution >= 4 is 0 Å². The van der Waals surface area contributed by atoms with Crippen molar-refractivity contribution in [2.75, 3.05) is 39.9 Å². The molecule has 0 aliphatic heterocycles. The van der Waals surface area contributed by atoms with Gasteiger partial charge in [0.15, 0.2) is 0 Å². The third-order valence-electron chi connectivity index (χ3n) is 3.00. The molecular formula is C13H28N2O. The van der Waals surface area contributed by atoms with Crippen molar-refractivity contribution in [3.05, 3.63) is 0 Å². The molecule has 0 aromatic rings. The smallest absolute Gasteiger partial charge is 0.0589 e. The fourth-order valence-corrected chi connectivity index (χ4v) is 1.92. The van der Waals surface area contributed by atoms with Crippen molar-refractivity contribution in [1.29, 1.82) is 0 Å². The number of nitrogens with one attached hydrogen (secondary N) is 1. The lowest BCUT2D eigenvalue weighted by molar-refractivity contribution is 0.142. The highest BCUT2D eigenvalue weighted by atomic mass is 16.5. The molecule has 0 amide bonds. The molecule has 0 bridgehead atoms. The number of hydrogen-bond donors (Lipinski definition) is 1. The largest absolute Gasteiger partial charge is 0.383 e. The maximum absolute atomic E-state index is 5.15. The van der Waals surface area contributed by atoms with Gasteiger partial charge in [0.2, 0.25) is 0 Å². The average molecular weight is 228 g/mol. The van der Waals surface area contributed by atoms with E-state index >= 15 is 0 Å². The van der Waals surface area contributed by atoms with Gasteiger partial charge >= 0.3 is 0 Å². The zero-order chi connectivity index (χ0) is 11.8. The SMILES string of the molecule is COCCN(CCCNCC(C)C)C1CC1. The minimum absolute atomic E-state index is 0.757. The summed E-state index contributed by atoms with van der Waals surface area (Å²) in [6.45, 7) is 9.99. The van der Waals surface area contributed by atoms with Crippen molar-refractivity contribution in [3.63, 3.8) is 0 Å². The third kappa shape index (κ3) is 6.46. The van der Waals surface area contributed by atoms with E-state index in [1.165, 1.54) is 25.8 Å². The lowest BCUT2D eigenvalue weighted by Crippen LogP contribution is -2.32. The van der Waals surface area contributed by atoms with E-state index in [2.05, 4.69) is 24.1 Å². The first-order valence-electron chi connectivity index (χ1n) is 6.67. The Hall–Kier alpha value is -0.120. The van der Waals surface area contributed by atoms with Gasteiger partial charge in [-0.05, 0) is 44.8 Å². The topological polar surface area (TPSA) is 24.5 Å². The standard InChI is InChI=1S/C13H28N2O/c1-12(2)11-14-7-4-8-15(9-10-16-3)13-5-6-13/h12-14H,4-11H2,1-3H3. The van der Waals surface area contributed by atoms with Gasteiger partial charge in [-0.25, -0.2) is 0 Å². The van der Waals surface area contributed by atoms with Crippen LogP contribution in [-0.4, -0.2) is 50.8 Å². The summed E-state index contributed by atoms with van der Waals surface area (Å²) < 4.78 is 5.15. The summed E-state index contributed by atoms with van der Waals surface area (Å²) in [5, 5.41) is 3.50. The molecule has 3 nitrogen and oxygen atoms in total. The number of rotatable bonds is 10. The molecular weight excluding hydrogens is 200 g/mol. The van der Waals surface area contributed by atoms with Crippen LogP contribution in [0.4, 0.5) is 0 Å². The van der Waals surface area contributed by atoms with Gasteiger partial charge < -0.3 is 10.1 Å². The molecule has 1 aliphatic rings. The van der Waals surface area contributed by atoms with Crippen LogP contribution in [0.25, 0.3) is 0 Å². The fourth-order valence-electron chi connectivity index (χ4n) is 1.92. The molecule has 3 heteroatoms. The van der Waals surface area contributed by atoms with Crippen molar-refractivity contribution in [2.45, 2.75) is 39.2 Å². The quantitative estimate of drug-likeness (QED) is 0.576. The second-order valence-electron chi connectivity index (χ2n) is 5.21. The lowest BCUT2D eigenvalue weighted by Gasteiger charge is -2.21. The van der Waals surface area contributed by atoms with E-state index in [1.54, 1.807) is 7.11 Å². The first-order valence-corrected chi connectivity index (χ1v) is 6.67. The second-order valence-corrected chi connectivity index (χ2v) is 5.21. The summed E-state index contributed by atoms with van der Waals surface area (Å²) >= 11 is 0. The Morgan fingerprint density at radius 3 is 2.62 bits per heavy atom. The summed E-state index contributed by atoms with van der Waals surface area (Å²) in [5.74, 6) is 0.757. The molecule has 1 aliphatic carbocycles. The van der Waals surface area contributed by atoms with Gasteiger partial charge in [-0.3, -0.25) is 4.90 Å². The van der Waals surface area contributed by atoms with Gasteiger partial charge in [-0.2, -0.15) is 0 Å². The number of ether oxygens (including phenoxy) is 1. The molecule has 96 valence electrons. The van der Waals surface area contributed by atoms with E-state index in [-0.39, 0.29) is 0 Å². The van der Waals surface area contributed by atoms with Crippen LogP contribution in [0.2, 0.25) is 0 Å². The van der Waals surface area contributed by atoms with Crippen molar-refractivity contribution < 1.29 is 4.74 Å². The Labute approximate surface area is 101 Å². The molecule has 1 fully saturated rings.